The van der Waals surface area contributed by atoms with Crippen molar-refractivity contribution in [3.63, 3.8) is 0 Å². The van der Waals surface area contributed by atoms with E-state index < -0.39 is 0 Å². The largest absolute Gasteiger partial charge is 0.371 e. The van der Waals surface area contributed by atoms with E-state index in [1.807, 2.05) is 6.20 Å². The van der Waals surface area contributed by atoms with Crippen molar-refractivity contribution in [1.82, 2.24) is 4.98 Å². The van der Waals surface area contributed by atoms with E-state index in [9.17, 15) is 0 Å². The zero-order valence-electron chi connectivity index (χ0n) is 23.9. The summed E-state index contributed by atoms with van der Waals surface area (Å²) in [6, 6.07) is 25.0. The Morgan fingerprint density at radius 1 is 0.805 bits per heavy atom. The van der Waals surface area contributed by atoms with E-state index in [4.69, 9.17) is 4.98 Å². The molecule has 5 heterocycles. The van der Waals surface area contributed by atoms with Crippen LogP contribution in [0.1, 0.15) is 53.1 Å². The molecular weight excluding hydrogens is 498 g/mol. The second kappa shape index (κ2) is 9.99. The number of hydrogen-bond acceptors (Lipinski definition) is 2. The summed E-state index contributed by atoms with van der Waals surface area (Å²) in [7, 11) is 0. The predicted octanol–water partition coefficient (Wildman–Crippen LogP) is 7.84. The summed E-state index contributed by atoms with van der Waals surface area (Å²) in [6.45, 7) is 5.71. The third kappa shape index (κ3) is 4.18. The fourth-order valence-electron chi connectivity index (χ4n) is 7.52. The molecule has 0 atom stereocenters. The van der Waals surface area contributed by atoms with E-state index in [0.717, 1.165) is 25.1 Å². The van der Waals surface area contributed by atoms with Crippen LogP contribution in [0.15, 0.2) is 79.1 Å². The monoisotopic (exact) mass is 534 g/mol. The van der Waals surface area contributed by atoms with Crippen LogP contribution in [0.2, 0.25) is 0 Å². The lowest BCUT2D eigenvalue weighted by atomic mass is 9.85. The molecule has 0 bridgehead atoms. The smallest absolute Gasteiger partial charge is 0.221 e. The molecule has 0 radical (unpaired) electrons. The zero-order valence-corrected chi connectivity index (χ0v) is 23.9. The first kappa shape index (κ1) is 24.5. The van der Waals surface area contributed by atoms with Crippen LogP contribution in [-0.4, -0.2) is 18.1 Å². The third-order valence-electron chi connectivity index (χ3n) is 9.42. The molecule has 0 aliphatic carbocycles. The van der Waals surface area contributed by atoms with Gasteiger partial charge >= 0.3 is 0 Å². The van der Waals surface area contributed by atoms with Crippen molar-refractivity contribution in [3.8, 4) is 22.5 Å². The Bertz CT molecular complexity index is 1820. The summed E-state index contributed by atoms with van der Waals surface area (Å²) in [6.07, 6.45) is 15.8. The van der Waals surface area contributed by atoms with Crippen LogP contribution in [0.25, 0.3) is 45.4 Å². The van der Waals surface area contributed by atoms with Gasteiger partial charge in [-0.15, -0.1) is 0 Å². The van der Waals surface area contributed by atoms with Gasteiger partial charge in [0.2, 0.25) is 5.69 Å². The number of benzene rings is 3. The van der Waals surface area contributed by atoms with Crippen molar-refractivity contribution in [1.29, 1.82) is 0 Å². The quantitative estimate of drug-likeness (QED) is 0.219. The molecule has 0 fully saturated rings. The second-order valence-corrected chi connectivity index (χ2v) is 11.9. The van der Waals surface area contributed by atoms with Gasteiger partial charge in [-0.2, -0.15) is 4.57 Å². The highest BCUT2D eigenvalue weighted by Crippen LogP contribution is 2.41. The van der Waals surface area contributed by atoms with Crippen LogP contribution in [0, 0.1) is 0 Å². The first-order valence-corrected chi connectivity index (χ1v) is 15.4. The van der Waals surface area contributed by atoms with E-state index in [1.54, 1.807) is 0 Å². The third-order valence-corrected chi connectivity index (χ3v) is 9.42. The Morgan fingerprint density at radius 2 is 1.61 bits per heavy atom. The number of rotatable bonds is 4. The molecule has 0 saturated heterocycles. The number of aryl methyl sites for hydroxylation is 5. The van der Waals surface area contributed by atoms with Crippen LogP contribution in [0.4, 0.5) is 5.69 Å². The summed E-state index contributed by atoms with van der Waals surface area (Å²) < 4.78 is 2.45. The normalized spacial score (nSPS) is 15.6. The Kier molecular flexibility index (Phi) is 5.98. The van der Waals surface area contributed by atoms with Gasteiger partial charge in [-0.25, -0.2) is 0 Å². The van der Waals surface area contributed by atoms with Crippen molar-refractivity contribution in [3.05, 3.63) is 113 Å². The van der Waals surface area contributed by atoms with E-state index in [2.05, 4.69) is 101 Å². The van der Waals surface area contributed by atoms with E-state index in [0.29, 0.717) is 0 Å². The molecule has 2 aromatic heterocycles. The Labute approximate surface area is 242 Å². The zero-order chi connectivity index (χ0) is 27.3. The summed E-state index contributed by atoms with van der Waals surface area (Å²) in [5.74, 6) is 0. The standard InChI is InChI=1S/C38H36N3/c1-2-28-13-14-30-17-22-41-21-16-29-7-3-4-10-33(29)38(41)36(30)35(28)34-25-26(15-18-39-34)11-12-27-23-31-8-5-19-40-20-6-9-32(24-27)37(31)40/h3-4,7,10-16,18,21,23-25H,2,5-6,8-9,17,19-20,22H2,1H3/q+1/b12-11+. The number of pyridine rings is 2. The summed E-state index contributed by atoms with van der Waals surface area (Å²) >= 11 is 0. The molecule has 0 N–H and O–H groups in total. The summed E-state index contributed by atoms with van der Waals surface area (Å²) in [4.78, 5) is 7.60. The van der Waals surface area contributed by atoms with Gasteiger partial charge < -0.3 is 4.90 Å². The molecule has 202 valence electrons. The molecule has 0 unspecified atom stereocenters. The highest BCUT2D eigenvalue weighted by molar-refractivity contribution is 5.98. The average molecular weight is 535 g/mol. The Hall–Kier alpha value is -4.24. The maximum Gasteiger partial charge on any atom is 0.221 e. The van der Waals surface area contributed by atoms with Crippen LogP contribution >= 0.6 is 0 Å². The molecule has 3 heteroatoms. The molecule has 3 aromatic carbocycles. The molecule has 5 aromatic rings. The SMILES string of the molecule is CCc1ccc2c(c1-c1cc(/C=C/c3cc4c5c(c3)CCCN5CCC4)ccn1)-c1c3ccccc3cc[n+]1CC2. The van der Waals surface area contributed by atoms with Gasteiger partial charge in [-0.3, -0.25) is 4.98 Å². The van der Waals surface area contributed by atoms with Crippen LogP contribution < -0.4 is 9.47 Å². The lowest BCUT2D eigenvalue weighted by molar-refractivity contribution is -0.686. The minimum atomic E-state index is 0.976. The molecule has 41 heavy (non-hydrogen) atoms. The Morgan fingerprint density at radius 3 is 2.44 bits per heavy atom. The number of anilines is 1. The first-order chi connectivity index (χ1) is 20.3. The summed E-state index contributed by atoms with van der Waals surface area (Å²) in [5, 5.41) is 2.60. The van der Waals surface area contributed by atoms with Gasteiger partial charge in [-0.05, 0) is 101 Å². The summed E-state index contributed by atoms with van der Waals surface area (Å²) in [5.41, 5.74) is 15.0. The highest BCUT2D eigenvalue weighted by Gasteiger charge is 2.30. The second-order valence-electron chi connectivity index (χ2n) is 11.9. The van der Waals surface area contributed by atoms with Crippen LogP contribution in [0.3, 0.4) is 0 Å². The Balaban J connectivity index is 1.23. The maximum atomic E-state index is 4.99. The van der Waals surface area contributed by atoms with Crippen molar-refractivity contribution < 1.29 is 4.57 Å². The first-order valence-electron chi connectivity index (χ1n) is 15.4. The highest BCUT2D eigenvalue weighted by atomic mass is 15.1. The molecule has 3 aliphatic rings. The lowest BCUT2D eigenvalue weighted by Crippen LogP contribution is -2.40. The van der Waals surface area contributed by atoms with Gasteiger partial charge in [0.15, 0.2) is 12.7 Å². The number of aromatic nitrogens is 2. The molecule has 3 nitrogen and oxygen atoms in total. The average Bonchev–Trinajstić information content (AvgIpc) is 3.03. The van der Waals surface area contributed by atoms with Crippen molar-refractivity contribution >= 4 is 28.6 Å². The van der Waals surface area contributed by atoms with Gasteiger partial charge in [0.25, 0.3) is 0 Å². The van der Waals surface area contributed by atoms with Gasteiger partial charge in [0.1, 0.15) is 0 Å². The molecular formula is C38H36N3+. The van der Waals surface area contributed by atoms with E-state index in [-0.39, 0.29) is 0 Å². The van der Waals surface area contributed by atoms with E-state index in [1.165, 1.54) is 105 Å². The van der Waals surface area contributed by atoms with Crippen LogP contribution in [0.5, 0.6) is 0 Å². The number of hydrogen-bond donors (Lipinski definition) is 0. The topological polar surface area (TPSA) is 20.0 Å². The molecule has 0 spiro atoms. The molecule has 0 amide bonds. The fraction of sp³-hybridized carbons (Fsp3) is 0.263. The van der Waals surface area contributed by atoms with Crippen molar-refractivity contribution in [2.45, 2.75) is 52.0 Å². The van der Waals surface area contributed by atoms with Gasteiger partial charge in [0.05, 0.1) is 16.6 Å². The van der Waals surface area contributed by atoms with E-state index >= 15 is 0 Å². The van der Waals surface area contributed by atoms with Gasteiger partial charge in [-0.1, -0.05) is 49.4 Å². The minimum absolute atomic E-state index is 0.976. The van der Waals surface area contributed by atoms with Gasteiger partial charge in [0, 0.05) is 43.0 Å². The lowest BCUT2D eigenvalue weighted by Gasteiger charge is -2.37. The van der Waals surface area contributed by atoms with Crippen molar-refractivity contribution in [2.75, 3.05) is 18.0 Å². The molecule has 0 saturated carbocycles. The molecule has 3 aliphatic heterocycles. The minimum Gasteiger partial charge on any atom is -0.371 e. The molecule has 8 rings (SSSR count). The van der Waals surface area contributed by atoms with Crippen LogP contribution in [-0.2, 0) is 32.2 Å². The van der Waals surface area contributed by atoms with Crippen molar-refractivity contribution in [2.24, 2.45) is 0 Å². The maximum absolute atomic E-state index is 4.99. The fourth-order valence-corrected chi connectivity index (χ4v) is 7.52. The number of fused-ring (bicyclic) bond motifs is 5. The number of nitrogens with zero attached hydrogens (tertiary/aromatic N) is 3. The predicted molar refractivity (Wildman–Crippen MR) is 170 cm³/mol.